The van der Waals surface area contributed by atoms with Crippen molar-refractivity contribution in [3.63, 3.8) is 0 Å². The van der Waals surface area contributed by atoms with Crippen molar-refractivity contribution in [2.24, 2.45) is 5.73 Å². The lowest BCUT2D eigenvalue weighted by atomic mass is 10.1. The standard InChI is InChI=1S/C11H22N2O2S2/c1-2-17(14,15)11-8-16-7-6-13(11)10-5-3-4-9(10)12/h9-11H,2-8,12H2,1H3. The van der Waals surface area contributed by atoms with Crippen LogP contribution in [0.3, 0.4) is 0 Å². The predicted molar refractivity (Wildman–Crippen MR) is 72.9 cm³/mol. The van der Waals surface area contributed by atoms with Gasteiger partial charge in [0.05, 0.1) is 0 Å². The molecule has 1 heterocycles. The van der Waals surface area contributed by atoms with Gasteiger partial charge in [-0.15, -0.1) is 0 Å². The van der Waals surface area contributed by atoms with Gasteiger partial charge < -0.3 is 5.73 Å². The lowest BCUT2D eigenvalue weighted by molar-refractivity contribution is 0.181. The molecule has 2 aliphatic rings. The van der Waals surface area contributed by atoms with Crippen molar-refractivity contribution in [2.45, 2.75) is 43.6 Å². The average Bonchev–Trinajstić information content (AvgIpc) is 2.75. The molecular formula is C11H22N2O2S2. The molecular weight excluding hydrogens is 256 g/mol. The first-order valence-corrected chi connectivity index (χ1v) is 9.24. The molecule has 0 radical (unpaired) electrons. The summed E-state index contributed by atoms with van der Waals surface area (Å²) in [4.78, 5) is 2.17. The summed E-state index contributed by atoms with van der Waals surface area (Å²) in [7, 11) is -2.98. The molecule has 1 saturated carbocycles. The largest absolute Gasteiger partial charge is 0.326 e. The van der Waals surface area contributed by atoms with Gasteiger partial charge in [-0.25, -0.2) is 8.42 Å². The Labute approximate surface area is 108 Å². The maximum atomic E-state index is 12.1. The van der Waals surface area contributed by atoms with Crippen LogP contribution in [0.15, 0.2) is 0 Å². The van der Waals surface area contributed by atoms with Crippen molar-refractivity contribution in [1.29, 1.82) is 0 Å². The summed E-state index contributed by atoms with van der Waals surface area (Å²) >= 11 is 1.75. The van der Waals surface area contributed by atoms with E-state index in [4.69, 9.17) is 5.73 Å². The highest BCUT2D eigenvalue weighted by Crippen LogP contribution is 2.30. The quantitative estimate of drug-likeness (QED) is 0.822. The second kappa shape index (κ2) is 5.47. The van der Waals surface area contributed by atoms with E-state index in [1.807, 2.05) is 0 Å². The van der Waals surface area contributed by atoms with Crippen molar-refractivity contribution < 1.29 is 8.42 Å². The third-order valence-corrected chi connectivity index (χ3v) is 7.20. The van der Waals surface area contributed by atoms with Gasteiger partial charge in [0.25, 0.3) is 0 Å². The zero-order valence-electron chi connectivity index (χ0n) is 10.3. The van der Waals surface area contributed by atoms with Gasteiger partial charge in [0.2, 0.25) is 0 Å². The fraction of sp³-hybridized carbons (Fsp3) is 1.00. The van der Waals surface area contributed by atoms with E-state index in [1.165, 1.54) is 0 Å². The Balaban J connectivity index is 2.17. The minimum Gasteiger partial charge on any atom is -0.326 e. The average molecular weight is 278 g/mol. The van der Waals surface area contributed by atoms with E-state index in [0.717, 1.165) is 31.6 Å². The normalized spacial score (nSPS) is 36.2. The van der Waals surface area contributed by atoms with Crippen molar-refractivity contribution in [3.05, 3.63) is 0 Å². The Morgan fingerprint density at radius 1 is 1.41 bits per heavy atom. The van der Waals surface area contributed by atoms with Gasteiger partial charge in [-0.05, 0) is 12.8 Å². The Morgan fingerprint density at radius 3 is 2.76 bits per heavy atom. The summed E-state index contributed by atoms with van der Waals surface area (Å²) in [6.45, 7) is 2.61. The summed E-state index contributed by atoms with van der Waals surface area (Å²) in [6.07, 6.45) is 3.23. The van der Waals surface area contributed by atoms with Crippen LogP contribution in [0.5, 0.6) is 0 Å². The van der Waals surface area contributed by atoms with Crippen LogP contribution in [0, 0.1) is 0 Å². The lowest BCUT2D eigenvalue weighted by Gasteiger charge is -2.40. The molecule has 0 aromatic heterocycles. The van der Waals surface area contributed by atoms with E-state index >= 15 is 0 Å². The number of nitrogens with zero attached hydrogens (tertiary/aromatic N) is 1. The highest BCUT2D eigenvalue weighted by molar-refractivity contribution is 8.01. The van der Waals surface area contributed by atoms with Crippen LogP contribution >= 0.6 is 11.8 Å². The van der Waals surface area contributed by atoms with Crippen LogP contribution in [-0.4, -0.2) is 54.6 Å². The fourth-order valence-electron chi connectivity index (χ4n) is 2.86. The van der Waals surface area contributed by atoms with Crippen molar-refractivity contribution in [2.75, 3.05) is 23.8 Å². The van der Waals surface area contributed by atoms with Crippen LogP contribution in [-0.2, 0) is 9.84 Å². The van der Waals surface area contributed by atoms with Gasteiger partial charge in [0.15, 0.2) is 9.84 Å². The first-order chi connectivity index (χ1) is 8.06. The molecule has 0 spiro atoms. The van der Waals surface area contributed by atoms with Gasteiger partial charge in [-0.1, -0.05) is 13.3 Å². The van der Waals surface area contributed by atoms with E-state index in [2.05, 4.69) is 4.90 Å². The minimum absolute atomic E-state index is 0.160. The summed E-state index contributed by atoms with van der Waals surface area (Å²) in [5.74, 6) is 1.97. The van der Waals surface area contributed by atoms with Crippen molar-refractivity contribution >= 4 is 21.6 Å². The lowest BCUT2D eigenvalue weighted by Crippen LogP contribution is -2.56. The van der Waals surface area contributed by atoms with Crippen LogP contribution < -0.4 is 5.73 Å². The molecule has 3 unspecified atom stereocenters. The van der Waals surface area contributed by atoms with Gasteiger partial charge in [0, 0.05) is 35.9 Å². The maximum absolute atomic E-state index is 12.1. The van der Waals surface area contributed by atoms with Gasteiger partial charge in [0.1, 0.15) is 5.37 Å². The molecule has 0 aromatic rings. The number of hydrogen-bond donors (Lipinski definition) is 1. The highest BCUT2D eigenvalue weighted by Gasteiger charge is 2.40. The van der Waals surface area contributed by atoms with E-state index in [0.29, 0.717) is 5.75 Å². The number of rotatable bonds is 3. The smallest absolute Gasteiger partial charge is 0.166 e. The van der Waals surface area contributed by atoms with E-state index in [1.54, 1.807) is 18.7 Å². The first kappa shape index (κ1) is 13.6. The Kier molecular flexibility index (Phi) is 4.39. The molecule has 3 atom stereocenters. The molecule has 4 nitrogen and oxygen atoms in total. The zero-order valence-corrected chi connectivity index (χ0v) is 12.0. The second-order valence-corrected chi connectivity index (χ2v) is 8.48. The predicted octanol–water partition coefficient (Wildman–Crippen LogP) is 0.676. The molecule has 0 bridgehead atoms. The first-order valence-electron chi connectivity index (χ1n) is 6.37. The van der Waals surface area contributed by atoms with E-state index < -0.39 is 9.84 Å². The summed E-state index contributed by atoms with van der Waals surface area (Å²) in [5.41, 5.74) is 6.11. The summed E-state index contributed by atoms with van der Waals surface area (Å²) in [6, 6.07) is 0.440. The Morgan fingerprint density at radius 2 is 2.18 bits per heavy atom. The molecule has 1 aliphatic heterocycles. The van der Waals surface area contributed by atoms with E-state index in [9.17, 15) is 8.42 Å². The Bertz CT molecular complexity index is 358. The molecule has 0 aromatic carbocycles. The zero-order chi connectivity index (χ0) is 12.5. The molecule has 1 saturated heterocycles. The molecule has 2 N–H and O–H groups in total. The molecule has 2 rings (SSSR count). The van der Waals surface area contributed by atoms with Gasteiger partial charge in [-0.3, -0.25) is 4.90 Å². The van der Waals surface area contributed by atoms with Crippen LogP contribution in [0.1, 0.15) is 26.2 Å². The summed E-state index contributed by atoms with van der Waals surface area (Å²) < 4.78 is 24.3. The molecule has 17 heavy (non-hydrogen) atoms. The number of thioether (sulfide) groups is 1. The number of sulfone groups is 1. The fourth-order valence-corrected chi connectivity index (χ4v) is 5.93. The third-order valence-electron chi connectivity index (χ3n) is 3.90. The minimum atomic E-state index is -2.98. The topological polar surface area (TPSA) is 63.4 Å². The van der Waals surface area contributed by atoms with Gasteiger partial charge >= 0.3 is 0 Å². The van der Waals surface area contributed by atoms with Crippen molar-refractivity contribution in [3.8, 4) is 0 Å². The number of hydrogen-bond acceptors (Lipinski definition) is 5. The van der Waals surface area contributed by atoms with Crippen LogP contribution in [0.25, 0.3) is 0 Å². The monoisotopic (exact) mass is 278 g/mol. The molecule has 2 fully saturated rings. The molecule has 100 valence electrons. The SMILES string of the molecule is CCS(=O)(=O)C1CSCCN1C1CCCC1N. The molecule has 6 heteroatoms. The van der Waals surface area contributed by atoms with Crippen LogP contribution in [0.4, 0.5) is 0 Å². The Hall–Kier alpha value is 0.220. The molecule has 1 aliphatic carbocycles. The van der Waals surface area contributed by atoms with Crippen LogP contribution in [0.2, 0.25) is 0 Å². The molecule has 0 amide bonds. The number of nitrogens with two attached hydrogens (primary N) is 1. The van der Waals surface area contributed by atoms with Gasteiger partial charge in [-0.2, -0.15) is 11.8 Å². The maximum Gasteiger partial charge on any atom is 0.166 e. The van der Waals surface area contributed by atoms with E-state index in [-0.39, 0.29) is 23.2 Å². The second-order valence-electron chi connectivity index (χ2n) is 4.88. The van der Waals surface area contributed by atoms with Crippen molar-refractivity contribution in [1.82, 2.24) is 4.90 Å². The third kappa shape index (κ3) is 2.80. The summed E-state index contributed by atoms with van der Waals surface area (Å²) in [5, 5.41) is -0.305. The highest BCUT2D eigenvalue weighted by atomic mass is 32.2.